The van der Waals surface area contributed by atoms with Gasteiger partial charge in [0.2, 0.25) is 0 Å². The fraction of sp³-hybridized carbons (Fsp3) is 0.455. The van der Waals surface area contributed by atoms with Gasteiger partial charge in [0.25, 0.3) is 0 Å². The van der Waals surface area contributed by atoms with E-state index in [1.807, 2.05) is 24.3 Å². The standard InChI is InChI=1S/C11H14ClNO/c12-9-5-2-1-4-8(9)11-10(14)6-3-7-13-11/h1-2,4-5,10-11,13-14H,3,6-7H2/t10-,11-/m0/s1. The Morgan fingerprint density at radius 3 is 2.86 bits per heavy atom. The van der Waals surface area contributed by atoms with Crippen LogP contribution in [0, 0.1) is 0 Å². The lowest BCUT2D eigenvalue weighted by molar-refractivity contribution is 0.0966. The van der Waals surface area contributed by atoms with Crippen molar-refractivity contribution in [3.8, 4) is 0 Å². The highest BCUT2D eigenvalue weighted by Gasteiger charge is 2.25. The summed E-state index contributed by atoms with van der Waals surface area (Å²) in [4.78, 5) is 0. The van der Waals surface area contributed by atoms with E-state index in [-0.39, 0.29) is 12.1 Å². The molecule has 0 aromatic heterocycles. The lowest BCUT2D eigenvalue weighted by Gasteiger charge is -2.29. The number of aliphatic hydroxyl groups excluding tert-OH is 1. The van der Waals surface area contributed by atoms with Crippen molar-refractivity contribution in [3.05, 3.63) is 34.9 Å². The number of benzene rings is 1. The molecule has 76 valence electrons. The summed E-state index contributed by atoms with van der Waals surface area (Å²) in [7, 11) is 0. The summed E-state index contributed by atoms with van der Waals surface area (Å²) >= 11 is 6.07. The zero-order valence-corrected chi connectivity index (χ0v) is 8.67. The van der Waals surface area contributed by atoms with E-state index in [0.29, 0.717) is 0 Å². The molecule has 1 heterocycles. The Morgan fingerprint density at radius 1 is 1.36 bits per heavy atom. The van der Waals surface area contributed by atoms with Gasteiger partial charge in [-0.3, -0.25) is 0 Å². The predicted octanol–water partition coefficient (Wildman–Crippen LogP) is 2.13. The molecular formula is C11H14ClNO. The van der Waals surface area contributed by atoms with Gasteiger partial charge in [-0.1, -0.05) is 29.8 Å². The molecule has 3 heteroatoms. The van der Waals surface area contributed by atoms with Gasteiger partial charge in [-0.25, -0.2) is 0 Å². The van der Waals surface area contributed by atoms with Crippen LogP contribution in [-0.2, 0) is 0 Å². The lowest BCUT2D eigenvalue weighted by Crippen LogP contribution is -2.37. The minimum Gasteiger partial charge on any atom is -0.391 e. The zero-order valence-electron chi connectivity index (χ0n) is 7.91. The molecule has 14 heavy (non-hydrogen) atoms. The van der Waals surface area contributed by atoms with E-state index in [4.69, 9.17) is 11.6 Å². The van der Waals surface area contributed by atoms with Crippen LogP contribution in [0.2, 0.25) is 5.02 Å². The highest BCUT2D eigenvalue weighted by molar-refractivity contribution is 6.31. The third-order valence-corrected chi connectivity index (χ3v) is 3.01. The highest BCUT2D eigenvalue weighted by Crippen LogP contribution is 2.28. The Bertz CT molecular complexity index is 316. The summed E-state index contributed by atoms with van der Waals surface area (Å²) in [6.45, 7) is 0.951. The fourth-order valence-electron chi connectivity index (χ4n) is 1.92. The third-order valence-electron chi connectivity index (χ3n) is 2.67. The van der Waals surface area contributed by atoms with Crippen LogP contribution in [0.4, 0.5) is 0 Å². The normalized spacial score (nSPS) is 27.6. The first-order chi connectivity index (χ1) is 6.79. The van der Waals surface area contributed by atoms with Crippen molar-refractivity contribution < 1.29 is 5.11 Å². The number of nitrogens with one attached hydrogen (secondary N) is 1. The number of aliphatic hydroxyl groups is 1. The summed E-state index contributed by atoms with van der Waals surface area (Å²) in [5.74, 6) is 0. The molecule has 1 saturated heterocycles. The predicted molar refractivity (Wildman–Crippen MR) is 57.4 cm³/mol. The molecule has 0 saturated carbocycles. The van der Waals surface area contributed by atoms with Gasteiger partial charge in [0.1, 0.15) is 0 Å². The summed E-state index contributed by atoms with van der Waals surface area (Å²) in [6, 6.07) is 7.68. The van der Waals surface area contributed by atoms with Crippen LogP contribution in [0.1, 0.15) is 24.4 Å². The van der Waals surface area contributed by atoms with Crippen LogP contribution < -0.4 is 5.32 Å². The molecule has 0 unspecified atom stereocenters. The van der Waals surface area contributed by atoms with Crippen molar-refractivity contribution >= 4 is 11.6 Å². The van der Waals surface area contributed by atoms with E-state index in [9.17, 15) is 5.11 Å². The Morgan fingerprint density at radius 2 is 2.14 bits per heavy atom. The monoisotopic (exact) mass is 211 g/mol. The number of hydrogen-bond donors (Lipinski definition) is 2. The average molecular weight is 212 g/mol. The van der Waals surface area contributed by atoms with Crippen LogP contribution >= 0.6 is 11.6 Å². The van der Waals surface area contributed by atoms with E-state index in [1.165, 1.54) is 0 Å². The van der Waals surface area contributed by atoms with Crippen molar-refractivity contribution in [1.82, 2.24) is 5.32 Å². The first-order valence-corrected chi connectivity index (χ1v) is 5.32. The molecule has 2 rings (SSSR count). The zero-order chi connectivity index (χ0) is 9.97. The summed E-state index contributed by atoms with van der Waals surface area (Å²) in [5, 5.41) is 13.8. The summed E-state index contributed by atoms with van der Waals surface area (Å²) in [5.41, 5.74) is 1.00. The molecule has 0 bridgehead atoms. The van der Waals surface area contributed by atoms with Crippen LogP contribution in [0.15, 0.2) is 24.3 Å². The second-order valence-corrected chi connectivity index (χ2v) is 4.07. The van der Waals surface area contributed by atoms with Crippen molar-refractivity contribution in [1.29, 1.82) is 0 Å². The molecule has 1 aliphatic rings. The van der Waals surface area contributed by atoms with Gasteiger partial charge in [0.15, 0.2) is 0 Å². The quantitative estimate of drug-likeness (QED) is 0.746. The van der Waals surface area contributed by atoms with Gasteiger partial charge in [-0.15, -0.1) is 0 Å². The first kappa shape index (κ1) is 9.97. The van der Waals surface area contributed by atoms with E-state index in [0.717, 1.165) is 30.0 Å². The van der Waals surface area contributed by atoms with Crippen LogP contribution in [0.3, 0.4) is 0 Å². The molecule has 0 spiro atoms. The van der Waals surface area contributed by atoms with E-state index >= 15 is 0 Å². The minimum absolute atomic E-state index is 0.00236. The lowest BCUT2D eigenvalue weighted by atomic mass is 9.95. The van der Waals surface area contributed by atoms with Crippen LogP contribution in [0.25, 0.3) is 0 Å². The number of hydrogen-bond acceptors (Lipinski definition) is 2. The summed E-state index contributed by atoms with van der Waals surface area (Å²) in [6.07, 6.45) is 1.56. The van der Waals surface area contributed by atoms with Crippen LogP contribution in [0.5, 0.6) is 0 Å². The maximum absolute atomic E-state index is 9.83. The van der Waals surface area contributed by atoms with Gasteiger partial charge in [0.05, 0.1) is 12.1 Å². The Labute approximate surface area is 88.9 Å². The molecule has 1 fully saturated rings. The fourth-order valence-corrected chi connectivity index (χ4v) is 2.17. The first-order valence-electron chi connectivity index (χ1n) is 4.95. The second kappa shape index (κ2) is 4.30. The van der Waals surface area contributed by atoms with E-state index in [2.05, 4.69) is 5.32 Å². The van der Waals surface area contributed by atoms with Crippen molar-refractivity contribution in [2.75, 3.05) is 6.54 Å². The molecule has 1 aromatic carbocycles. The molecule has 2 nitrogen and oxygen atoms in total. The Hall–Kier alpha value is -0.570. The van der Waals surface area contributed by atoms with Crippen molar-refractivity contribution in [3.63, 3.8) is 0 Å². The van der Waals surface area contributed by atoms with E-state index < -0.39 is 0 Å². The minimum atomic E-state index is -0.316. The van der Waals surface area contributed by atoms with Gasteiger partial charge in [0, 0.05) is 5.02 Å². The molecule has 0 amide bonds. The highest BCUT2D eigenvalue weighted by atomic mass is 35.5. The van der Waals surface area contributed by atoms with Crippen molar-refractivity contribution in [2.45, 2.75) is 25.0 Å². The summed E-state index contributed by atoms with van der Waals surface area (Å²) < 4.78 is 0. The van der Waals surface area contributed by atoms with Gasteiger partial charge >= 0.3 is 0 Å². The van der Waals surface area contributed by atoms with E-state index in [1.54, 1.807) is 0 Å². The maximum Gasteiger partial charge on any atom is 0.0735 e. The van der Waals surface area contributed by atoms with Crippen molar-refractivity contribution in [2.24, 2.45) is 0 Å². The molecule has 2 N–H and O–H groups in total. The Balaban J connectivity index is 2.25. The number of halogens is 1. The second-order valence-electron chi connectivity index (χ2n) is 3.66. The molecular weight excluding hydrogens is 198 g/mol. The molecule has 1 aromatic rings. The van der Waals surface area contributed by atoms with Crippen LogP contribution in [-0.4, -0.2) is 17.8 Å². The Kier molecular flexibility index (Phi) is 3.06. The number of rotatable bonds is 1. The van der Waals surface area contributed by atoms with Gasteiger partial charge in [-0.05, 0) is 31.0 Å². The third kappa shape index (κ3) is 1.92. The molecule has 1 aliphatic heterocycles. The SMILES string of the molecule is O[C@H]1CCCN[C@H]1c1ccccc1Cl. The largest absolute Gasteiger partial charge is 0.391 e. The average Bonchev–Trinajstić information content (AvgIpc) is 2.20. The maximum atomic E-state index is 9.83. The molecule has 0 radical (unpaired) electrons. The number of piperidine rings is 1. The molecule has 2 atom stereocenters. The smallest absolute Gasteiger partial charge is 0.0735 e. The van der Waals surface area contributed by atoms with Gasteiger partial charge in [-0.2, -0.15) is 0 Å². The van der Waals surface area contributed by atoms with Gasteiger partial charge < -0.3 is 10.4 Å². The molecule has 0 aliphatic carbocycles. The topological polar surface area (TPSA) is 32.3 Å².